The van der Waals surface area contributed by atoms with Gasteiger partial charge in [0.1, 0.15) is 12.3 Å². The number of aromatic nitrogens is 1. The van der Waals surface area contributed by atoms with Crippen molar-refractivity contribution in [2.75, 3.05) is 57.5 Å². The summed E-state index contributed by atoms with van der Waals surface area (Å²) in [6.07, 6.45) is -2.44. The highest BCUT2D eigenvalue weighted by Crippen LogP contribution is 2.32. The molecular weight excluding hydrogens is 549 g/mol. The van der Waals surface area contributed by atoms with Crippen LogP contribution in [0.3, 0.4) is 0 Å². The molecule has 1 fully saturated rings. The van der Waals surface area contributed by atoms with Gasteiger partial charge in [-0.05, 0) is 74.2 Å². The number of piperidine rings is 1. The minimum absolute atomic E-state index is 0.249. The summed E-state index contributed by atoms with van der Waals surface area (Å²) in [5, 5.41) is 12.3. The summed E-state index contributed by atoms with van der Waals surface area (Å²) in [6, 6.07) is 13.3. The van der Waals surface area contributed by atoms with Crippen LogP contribution in [-0.4, -0.2) is 73.7 Å². The summed E-state index contributed by atoms with van der Waals surface area (Å²) in [6.45, 7) is 7.35. The molecule has 11 heteroatoms. The van der Waals surface area contributed by atoms with Crippen LogP contribution in [-0.2, 0) is 6.54 Å². The lowest BCUT2D eigenvalue weighted by atomic mass is 10.0. The van der Waals surface area contributed by atoms with Gasteiger partial charge in [-0.3, -0.25) is 4.72 Å². The van der Waals surface area contributed by atoms with Gasteiger partial charge in [0.25, 0.3) is 0 Å². The van der Waals surface area contributed by atoms with Crippen molar-refractivity contribution in [3.8, 4) is 17.6 Å². The molecule has 0 spiro atoms. The lowest BCUT2D eigenvalue weighted by molar-refractivity contribution is -0.140. The number of halogens is 3. The van der Waals surface area contributed by atoms with Crippen LogP contribution in [0.4, 0.5) is 24.5 Å². The minimum Gasteiger partial charge on any atom is -0.495 e. The van der Waals surface area contributed by atoms with Crippen molar-refractivity contribution < 1.29 is 17.9 Å². The molecule has 3 aromatic rings. The third-order valence-electron chi connectivity index (χ3n) is 7.22. The first kappa shape index (κ1) is 30.9. The molecule has 1 aromatic heterocycles. The zero-order valence-electron chi connectivity index (χ0n) is 24.1. The van der Waals surface area contributed by atoms with Crippen LogP contribution in [0.2, 0.25) is 0 Å². The second-order valence-electron chi connectivity index (χ2n) is 9.80. The molecule has 0 bridgehead atoms. The summed E-state index contributed by atoms with van der Waals surface area (Å²) >= 11 is 1.47. The van der Waals surface area contributed by atoms with Gasteiger partial charge in [-0.2, -0.15) is 13.2 Å². The van der Waals surface area contributed by atoms with Gasteiger partial charge in [-0.15, -0.1) is 0 Å². The molecule has 41 heavy (non-hydrogen) atoms. The van der Waals surface area contributed by atoms with Crippen molar-refractivity contribution in [3.05, 3.63) is 48.2 Å². The largest absolute Gasteiger partial charge is 0.495 e. The zero-order valence-corrected chi connectivity index (χ0v) is 24.9. The van der Waals surface area contributed by atoms with E-state index in [0.717, 1.165) is 60.7 Å². The standard InChI is InChI=1S/C30H39F3N6OS/c1-5-37(6-2)38-17-14-22(15-18-38)36-26-10-7-11-28-25(26)19-23(39(28)21-30(31,32)33)9-8-16-35-27-13-12-24(41-34-3)20-29(27)40-4/h7,10-13,19-20,22,34-36H,5-6,14-18,21H2,1-4H3. The fraction of sp³-hybridized carbons (Fsp3) is 0.467. The van der Waals surface area contributed by atoms with E-state index in [2.05, 4.69) is 51.1 Å². The number of hydrogen-bond donors (Lipinski definition) is 3. The van der Waals surface area contributed by atoms with Crippen LogP contribution in [0.25, 0.3) is 10.9 Å². The summed E-state index contributed by atoms with van der Waals surface area (Å²) in [4.78, 5) is 0.997. The highest BCUT2D eigenvalue weighted by Gasteiger charge is 2.30. The lowest BCUT2D eigenvalue weighted by Crippen LogP contribution is -2.49. The van der Waals surface area contributed by atoms with Gasteiger partial charge in [0.15, 0.2) is 0 Å². The number of nitrogens with one attached hydrogen (secondary N) is 3. The van der Waals surface area contributed by atoms with Crippen LogP contribution < -0.4 is 20.1 Å². The van der Waals surface area contributed by atoms with E-state index >= 15 is 0 Å². The number of benzene rings is 2. The van der Waals surface area contributed by atoms with E-state index in [9.17, 15) is 13.2 Å². The highest BCUT2D eigenvalue weighted by atomic mass is 32.2. The Bertz CT molecular complexity index is 1350. The molecule has 0 amide bonds. The van der Waals surface area contributed by atoms with E-state index in [-0.39, 0.29) is 12.6 Å². The number of anilines is 2. The molecule has 1 aliphatic rings. The molecule has 222 valence electrons. The van der Waals surface area contributed by atoms with Crippen LogP contribution in [0, 0.1) is 11.8 Å². The summed E-state index contributed by atoms with van der Waals surface area (Å²) in [5.41, 5.74) is 2.45. The van der Waals surface area contributed by atoms with Crippen molar-refractivity contribution in [1.82, 2.24) is 19.3 Å². The quantitative estimate of drug-likeness (QED) is 0.187. The molecule has 4 rings (SSSR count). The molecule has 1 aliphatic heterocycles. The smallest absolute Gasteiger partial charge is 0.406 e. The fourth-order valence-corrected chi connectivity index (χ4v) is 5.81. The number of methoxy groups -OCH3 is 1. The average molecular weight is 589 g/mol. The Morgan fingerprint density at radius 2 is 1.83 bits per heavy atom. The van der Waals surface area contributed by atoms with Crippen molar-refractivity contribution >= 4 is 34.2 Å². The van der Waals surface area contributed by atoms with Crippen molar-refractivity contribution in [3.63, 3.8) is 0 Å². The van der Waals surface area contributed by atoms with E-state index in [0.29, 0.717) is 17.0 Å². The number of hydrazine groups is 1. The first-order valence-corrected chi connectivity index (χ1v) is 14.8. The summed E-state index contributed by atoms with van der Waals surface area (Å²) in [5.74, 6) is 6.65. The van der Waals surface area contributed by atoms with E-state index < -0.39 is 12.7 Å². The minimum atomic E-state index is -4.37. The van der Waals surface area contributed by atoms with Gasteiger partial charge in [0.2, 0.25) is 0 Å². The SMILES string of the molecule is CCN(CC)N1CCC(Nc2cccc3c2cc(C#CCNc2ccc(SNC)cc2OC)n3CC(F)(F)F)CC1. The second-order valence-corrected chi connectivity index (χ2v) is 10.9. The Hall–Kier alpha value is -3.04. The normalized spacial score (nSPS) is 14.7. The van der Waals surface area contributed by atoms with Crippen molar-refractivity contribution in [2.45, 2.75) is 50.3 Å². The van der Waals surface area contributed by atoms with Gasteiger partial charge in [-0.25, -0.2) is 10.0 Å². The van der Waals surface area contributed by atoms with Crippen LogP contribution >= 0.6 is 11.9 Å². The topological polar surface area (TPSA) is 56.7 Å². The highest BCUT2D eigenvalue weighted by molar-refractivity contribution is 7.97. The molecule has 0 unspecified atom stereocenters. The molecule has 2 aromatic carbocycles. The molecule has 2 heterocycles. The molecule has 0 radical (unpaired) electrons. The van der Waals surface area contributed by atoms with Crippen molar-refractivity contribution in [1.29, 1.82) is 0 Å². The van der Waals surface area contributed by atoms with Gasteiger partial charge < -0.3 is 19.9 Å². The first-order valence-electron chi connectivity index (χ1n) is 14.0. The maximum Gasteiger partial charge on any atom is 0.406 e. The number of ether oxygens (including phenoxy) is 1. The molecule has 1 saturated heterocycles. The lowest BCUT2D eigenvalue weighted by Gasteiger charge is -2.39. The van der Waals surface area contributed by atoms with Crippen LogP contribution in [0.5, 0.6) is 5.75 Å². The Balaban J connectivity index is 1.53. The second kappa shape index (κ2) is 14.2. The predicted octanol–water partition coefficient (Wildman–Crippen LogP) is 6.04. The maximum absolute atomic E-state index is 13.6. The van der Waals surface area contributed by atoms with Crippen molar-refractivity contribution in [2.24, 2.45) is 0 Å². The molecule has 0 aliphatic carbocycles. The van der Waals surface area contributed by atoms with Gasteiger partial charge in [-0.1, -0.05) is 25.8 Å². The Morgan fingerprint density at radius 1 is 1.07 bits per heavy atom. The molecule has 0 saturated carbocycles. The molecule has 7 nitrogen and oxygen atoms in total. The predicted molar refractivity (Wildman–Crippen MR) is 162 cm³/mol. The summed E-state index contributed by atoms with van der Waals surface area (Å²) in [7, 11) is 3.43. The van der Waals surface area contributed by atoms with Gasteiger partial charge in [0.05, 0.1) is 30.6 Å². The Kier molecular flexibility index (Phi) is 10.7. The summed E-state index contributed by atoms with van der Waals surface area (Å²) < 4.78 is 50.6. The van der Waals surface area contributed by atoms with E-state index in [4.69, 9.17) is 4.74 Å². The monoisotopic (exact) mass is 588 g/mol. The van der Waals surface area contributed by atoms with Gasteiger partial charge in [0, 0.05) is 48.2 Å². The van der Waals surface area contributed by atoms with Crippen LogP contribution in [0.1, 0.15) is 32.4 Å². The Morgan fingerprint density at radius 3 is 2.49 bits per heavy atom. The molecule has 0 atom stereocenters. The number of rotatable bonds is 11. The maximum atomic E-state index is 13.6. The van der Waals surface area contributed by atoms with E-state index in [1.807, 2.05) is 37.4 Å². The zero-order chi connectivity index (χ0) is 29.4. The first-order chi connectivity index (χ1) is 19.8. The number of hydrogen-bond acceptors (Lipinski definition) is 7. The van der Waals surface area contributed by atoms with Gasteiger partial charge >= 0.3 is 6.18 Å². The fourth-order valence-electron chi connectivity index (χ4n) is 5.27. The number of fused-ring (bicyclic) bond motifs is 1. The number of alkyl halides is 3. The Labute approximate surface area is 244 Å². The van der Waals surface area contributed by atoms with E-state index in [1.165, 1.54) is 16.5 Å². The number of nitrogens with zero attached hydrogens (tertiary/aromatic N) is 3. The van der Waals surface area contributed by atoms with E-state index in [1.54, 1.807) is 19.2 Å². The molecule has 3 N–H and O–H groups in total. The third kappa shape index (κ3) is 8.04. The van der Waals surface area contributed by atoms with Crippen LogP contribution in [0.15, 0.2) is 47.4 Å². The third-order valence-corrected chi connectivity index (χ3v) is 7.91. The average Bonchev–Trinajstić information content (AvgIpc) is 3.30. The molecular formula is C30H39F3N6OS.